The normalized spacial score (nSPS) is 12.0. The van der Waals surface area contributed by atoms with Crippen molar-refractivity contribution in [3.05, 3.63) is 0 Å². The van der Waals surface area contributed by atoms with Gasteiger partial charge in [0, 0.05) is 25.7 Å². The Morgan fingerprint density at radius 1 is 0.947 bits per heavy atom. The van der Waals surface area contributed by atoms with E-state index in [9.17, 15) is 0 Å². The van der Waals surface area contributed by atoms with E-state index in [-0.39, 0.29) is 0 Å². The number of nitrogens with one attached hydrogen (secondary N) is 1. The van der Waals surface area contributed by atoms with Gasteiger partial charge in [0.2, 0.25) is 0 Å². The van der Waals surface area contributed by atoms with Crippen molar-refractivity contribution in [2.75, 3.05) is 32.8 Å². The standard InChI is InChI=1S/C16H36N2O/c1-6-7-8-12-18(15(2)3)13-11-17-10-9-14-19-16(4)5/h15-17H,6-14H2,1-5H3. The van der Waals surface area contributed by atoms with Crippen LogP contribution in [0.4, 0.5) is 0 Å². The SMILES string of the molecule is CCCCCN(CCNCCCOC(C)C)C(C)C. The van der Waals surface area contributed by atoms with E-state index < -0.39 is 0 Å². The number of unbranched alkanes of at least 4 members (excludes halogenated alkanes) is 2. The molecule has 0 amide bonds. The van der Waals surface area contributed by atoms with Crippen LogP contribution in [0.5, 0.6) is 0 Å². The van der Waals surface area contributed by atoms with Crippen LogP contribution < -0.4 is 5.32 Å². The summed E-state index contributed by atoms with van der Waals surface area (Å²) in [5.41, 5.74) is 0. The summed E-state index contributed by atoms with van der Waals surface area (Å²) in [6.07, 6.45) is 5.45. The molecule has 0 saturated heterocycles. The smallest absolute Gasteiger partial charge is 0.0518 e. The lowest BCUT2D eigenvalue weighted by Gasteiger charge is -2.26. The van der Waals surface area contributed by atoms with Gasteiger partial charge in [-0.2, -0.15) is 0 Å². The van der Waals surface area contributed by atoms with E-state index in [2.05, 4.69) is 44.8 Å². The first-order valence-corrected chi connectivity index (χ1v) is 8.14. The van der Waals surface area contributed by atoms with Gasteiger partial charge in [-0.3, -0.25) is 4.90 Å². The molecule has 0 aromatic heterocycles. The summed E-state index contributed by atoms with van der Waals surface area (Å²) in [6, 6.07) is 0.655. The minimum Gasteiger partial charge on any atom is -0.379 e. The van der Waals surface area contributed by atoms with Crippen molar-refractivity contribution in [3.63, 3.8) is 0 Å². The summed E-state index contributed by atoms with van der Waals surface area (Å²) in [6.45, 7) is 16.4. The molecule has 0 rings (SSSR count). The quantitative estimate of drug-likeness (QED) is 0.521. The highest BCUT2D eigenvalue weighted by atomic mass is 16.5. The summed E-state index contributed by atoms with van der Waals surface area (Å²) in [5, 5.41) is 3.51. The zero-order chi connectivity index (χ0) is 14.5. The maximum absolute atomic E-state index is 5.52. The lowest BCUT2D eigenvalue weighted by Crippen LogP contribution is -2.38. The highest BCUT2D eigenvalue weighted by molar-refractivity contribution is 4.64. The van der Waals surface area contributed by atoms with Crippen molar-refractivity contribution < 1.29 is 4.74 Å². The second-order valence-corrected chi connectivity index (χ2v) is 5.86. The fourth-order valence-corrected chi connectivity index (χ4v) is 2.06. The lowest BCUT2D eigenvalue weighted by atomic mass is 10.2. The number of hydrogen-bond donors (Lipinski definition) is 1. The van der Waals surface area contributed by atoms with Crippen molar-refractivity contribution >= 4 is 0 Å². The van der Waals surface area contributed by atoms with Crippen molar-refractivity contribution in [1.29, 1.82) is 0 Å². The maximum Gasteiger partial charge on any atom is 0.0518 e. The van der Waals surface area contributed by atoms with Crippen LogP contribution in [0.2, 0.25) is 0 Å². The number of rotatable bonds is 13. The molecule has 0 fully saturated rings. The Bertz CT molecular complexity index is 184. The van der Waals surface area contributed by atoms with E-state index in [4.69, 9.17) is 4.74 Å². The summed E-state index contributed by atoms with van der Waals surface area (Å²) in [7, 11) is 0. The molecular formula is C16H36N2O. The van der Waals surface area contributed by atoms with Gasteiger partial charge >= 0.3 is 0 Å². The Kier molecular flexibility index (Phi) is 12.8. The van der Waals surface area contributed by atoms with Crippen molar-refractivity contribution in [1.82, 2.24) is 10.2 Å². The zero-order valence-corrected chi connectivity index (χ0v) is 13.9. The van der Waals surface area contributed by atoms with E-state index in [0.29, 0.717) is 12.1 Å². The van der Waals surface area contributed by atoms with E-state index in [1.54, 1.807) is 0 Å². The maximum atomic E-state index is 5.52. The Morgan fingerprint density at radius 2 is 1.68 bits per heavy atom. The van der Waals surface area contributed by atoms with Crippen LogP contribution in [0.1, 0.15) is 60.3 Å². The van der Waals surface area contributed by atoms with Crippen LogP contribution in [0.15, 0.2) is 0 Å². The van der Waals surface area contributed by atoms with Crippen molar-refractivity contribution in [2.45, 2.75) is 72.4 Å². The molecule has 116 valence electrons. The van der Waals surface area contributed by atoms with Crippen LogP contribution in [-0.2, 0) is 4.74 Å². The molecule has 0 radical (unpaired) electrons. The molecule has 0 spiro atoms. The molecule has 0 saturated carbocycles. The molecule has 0 atom stereocenters. The highest BCUT2D eigenvalue weighted by Gasteiger charge is 2.07. The van der Waals surface area contributed by atoms with Crippen LogP contribution in [0, 0.1) is 0 Å². The fraction of sp³-hybridized carbons (Fsp3) is 1.00. The average Bonchev–Trinajstić information content (AvgIpc) is 2.34. The van der Waals surface area contributed by atoms with Gasteiger partial charge in [-0.15, -0.1) is 0 Å². The molecule has 3 nitrogen and oxygen atoms in total. The van der Waals surface area contributed by atoms with Crippen LogP contribution in [-0.4, -0.2) is 49.8 Å². The van der Waals surface area contributed by atoms with E-state index in [1.165, 1.54) is 25.8 Å². The first-order chi connectivity index (χ1) is 9.07. The molecule has 0 bridgehead atoms. The molecule has 0 heterocycles. The largest absolute Gasteiger partial charge is 0.379 e. The third-order valence-corrected chi connectivity index (χ3v) is 3.30. The molecule has 0 aliphatic rings. The minimum atomic E-state index is 0.356. The topological polar surface area (TPSA) is 24.5 Å². The Labute approximate surface area is 121 Å². The molecule has 3 heteroatoms. The first kappa shape index (κ1) is 18.9. The molecule has 0 aliphatic heterocycles. The van der Waals surface area contributed by atoms with E-state index in [1.807, 2.05) is 0 Å². The Balaban J connectivity index is 3.48. The number of hydrogen-bond acceptors (Lipinski definition) is 3. The molecule has 0 aromatic rings. The first-order valence-electron chi connectivity index (χ1n) is 8.14. The highest BCUT2D eigenvalue weighted by Crippen LogP contribution is 2.02. The summed E-state index contributed by atoms with van der Waals surface area (Å²) in [5.74, 6) is 0. The molecular weight excluding hydrogens is 236 g/mol. The summed E-state index contributed by atoms with van der Waals surface area (Å²) < 4.78 is 5.52. The van der Waals surface area contributed by atoms with Gasteiger partial charge < -0.3 is 10.1 Å². The Morgan fingerprint density at radius 3 is 2.26 bits per heavy atom. The molecule has 1 N–H and O–H groups in total. The second kappa shape index (κ2) is 12.9. The molecule has 0 aromatic carbocycles. The van der Waals surface area contributed by atoms with Gasteiger partial charge in [-0.1, -0.05) is 19.8 Å². The van der Waals surface area contributed by atoms with Crippen LogP contribution >= 0.6 is 0 Å². The predicted octanol–water partition coefficient (Wildman–Crippen LogP) is 3.29. The van der Waals surface area contributed by atoms with Gasteiger partial charge in [0.1, 0.15) is 0 Å². The van der Waals surface area contributed by atoms with Gasteiger partial charge in [-0.05, 0) is 53.6 Å². The van der Waals surface area contributed by atoms with Gasteiger partial charge in [0.25, 0.3) is 0 Å². The Hall–Kier alpha value is -0.120. The van der Waals surface area contributed by atoms with E-state index >= 15 is 0 Å². The lowest BCUT2D eigenvalue weighted by molar-refractivity contribution is 0.0769. The second-order valence-electron chi connectivity index (χ2n) is 5.86. The third-order valence-electron chi connectivity index (χ3n) is 3.30. The van der Waals surface area contributed by atoms with E-state index in [0.717, 1.165) is 32.7 Å². The summed E-state index contributed by atoms with van der Waals surface area (Å²) in [4.78, 5) is 2.58. The van der Waals surface area contributed by atoms with Gasteiger partial charge in [-0.25, -0.2) is 0 Å². The van der Waals surface area contributed by atoms with Crippen LogP contribution in [0.25, 0.3) is 0 Å². The van der Waals surface area contributed by atoms with Gasteiger partial charge in [0.05, 0.1) is 6.10 Å². The monoisotopic (exact) mass is 272 g/mol. The predicted molar refractivity (Wildman–Crippen MR) is 84.8 cm³/mol. The number of nitrogens with zero attached hydrogens (tertiary/aromatic N) is 1. The fourth-order valence-electron chi connectivity index (χ4n) is 2.06. The average molecular weight is 272 g/mol. The van der Waals surface area contributed by atoms with Crippen molar-refractivity contribution in [3.8, 4) is 0 Å². The minimum absolute atomic E-state index is 0.356. The van der Waals surface area contributed by atoms with Crippen molar-refractivity contribution in [2.24, 2.45) is 0 Å². The van der Waals surface area contributed by atoms with Crippen LogP contribution in [0.3, 0.4) is 0 Å². The third kappa shape index (κ3) is 12.6. The summed E-state index contributed by atoms with van der Waals surface area (Å²) >= 11 is 0. The number of ether oxygens (including phenoxy) is 1. The molecule has 0 unspecified atom stereocenters. The van der Waals surface area contributed by atoms with Gasteiger partial charge in [0.15, 0.2) is 0 Å². The zero-order valence-electron chi connectivity index (χ0n) is 13.9. The molecule has 19 heavy (non-hydrogen) atoms. The molecule has 0 aliphatic carbocycles.